The molecular weight excluding hydrogens is 318 g/mol. The van der Waals surface area contributed by atoms with Crippen LogP contribution < -0.4 is 0 Å². The number of carbonyl (C=O) groups is 1. The first-order valence-electron chi connectivity index (χ1n) is 9.09. The fraction of sp³-hybridized carbons (Fsp3) is 0.650. The van der Waals surface area contributed by atoms with Crippen molar-refractivity contribution in [1.82, 2.24) is 4.90 Å². The first kappa shape index (κ1) is 18.2. The Morgan fingerprint density at radius 3 is 2.68 bits per heavy atom. The van der Waals surface area contributed by atoms with Crippen LogP contribution in [0.15, 0.2) is 30.3 Å². The molecule has 0 radical (unpaired) electrons. The highest BCUT2D eigenvalue weighted by atomic mass is 16.6. The SMILES string of the molecule is CC(C)(C)OC(=O)N1CCC2(CCOC2)C(OCc2ccccc2)C1. The molecule has 25 heavy (non-hydrogen) atoms. The molecule has 0 aromatic heterocycles. The van der Waals surface area contributed by atoms with Crippen LogP contribution in [0.3, 0.4) is 0 Å². The average Bonchev–Trinajstić information content (AvgIpc) is 3.03. The molecule has 2 atom stereocenters. The molecule has 0 saturated carbocycles. The molecule has 0 aliphatic carbocycles. The van der Waals surface area contributed by atoms with Gasteiger partial charge in [-0.05, 0) is 39.2 Å². The summed E-state index contributed by atoms with van der Waals surface area (Å²) in [5.74, 6) is 0. The molecule has 2 aliphatic heterocycles. The Balaban J connectivity index is 1.67. The van der Waals surface area contributed by atoms with E-state index in [9.17, 15) is 4.79 Å². The van der Waals surface area contributed by atoms with E-state index in [4.69, 9.17) is 14.2 Å². The zero-order chi connectivity index (χ0) is 17.9. The van der Waals surface area contributed by atoms with Crippen LogP contribution in [-0.4, -0.2) is 49.0 Å². The number of likely N-dealkylation sites (tertiary alicyclic amines) is 1. The molecular formula is C20H29NO4. The van der Waals surface area contributed by atoms with Gasteiger partial charge < -0.3 is 19.1 Å². The Labute approximate surface area is 150 Å². The molecule has 1 aromatic carbocycles. The van der Waals surface area contributed by atoms with Gasteiger partial charge in [0.15, 0.2) is 0 Å². The minimum atomic E-state index is -0.483. The molecule has 1 spiro atoms. The number of rotatable bonds is 3. The topological polar surface area (TPSA) is 48.0 Å². The summed E-state index contributed by atoms with van der Waals surface area (Å²) in [6, 6.07) is 10.2. The van der Waals surface area contributed by atoms with Crippen molar-refractivity contribution in [3.63, 3.8) is 0 Å². The Morgan fingerprint density at radius 1 is 1.28 bits per heavy atom. The summed E-state index contributed by atoms with van der Waals surface area (Å²) in [5.41, 5.74) is 0.682. The van der Waals surface area contributed by atoms with Gasteiger partial charge in [-0.3, -0.25) is 0 Å². The Bertz CT molecular complexity index is 575. The number of piperidine rings is 1. The van der Waals surface area contributed by atoms with Gasteiger partial charge in [0.1, 0.15) is 5.60 Å². The number of benzene rings is 1. The van der Waals surface area contributed by atoms with Crippen molar-refractivity contribution in [2.24, 2.45) is 5.41 Å². The quantitative estimate of drug-likeness (QED) is 0.838. The molecule has 138 valence electrons. The number of hydrogen-bond acceptors (Lipinski definition) is 4. The van der Waals surface area contributed by atoms with Gasteiger partial charge in [0.25, 0.3) is 0 Å². The highest BCUT2D eigenvalue weighted by molar-refractivity contribution is 5.68. The molecule has 0 bridgehead atoms. The van der Waals surface area contributed by atoms with Gasteiger partial charge in [0, 0.05) is 18.6 Å². The van der Waals surface area contributed by atoms with Gasteiger partial charge in [-0.2, -0.15) is 0 Å². The summed E-state index contributed by atoms with van der Waals surface area (Å²) >= 11 is 0. The Morgan fingerprint density at radius 2 is 2.04 bits per heavy atom. The second-order valence-corrected chi connectivity index (χ2v) is 8.13. The fourth-order valence-corrected chi connectivity index (χ4v) is 3.57. The Kier molecular flexibility index (Phi) is 5.35. The van der Waals surface area contributed by atoms with E-state index in [1.807, 2.05) is 39.0 Å². The zero-order valence-corrected chi connectivity index (χ0v) is 15.5. The number of amides is 1. The maximum Gasteiger partial charge on any atom is 0.410 e. The number of hydrogen-bond donors (Lipinski definition) is 0. The van der Waals surface area contributed by atoms with Crippen LogP contribution in [-0.2, 0) is 20.8 Å². The van der Waals surface area contributed by atoms with Crippen LogP contribution in [0.5, 0.6) is 0 Å². The fourth-order valence-electron chi connectivity index (χ4n) is 3.57. The van der Waals surface area contributed by atoms with E-state index in [1.54, 1.807) is 4.90 Å². The first-order chi connectivity index (χ1) is 11.9. The summed E-state index contributed by atoms with van der Waals surface area (Å²) in [7, 11) is 0. The van der Waals surface area contributed by atoms with Crippen LogP contribution in [0, 0.1) is 5.41 Å². The monoisotopic (exact) mass is 347 g/mol. The molecule has 2 aliphatic rings. The van der Waals surface area contributed by atoms with Gasteiger partial charge in [-0.1, -0.05) is 30.3 Å². The van der Waals surface area contributed by atoms with Gasteiger partial charge in [0.2, 0.25) is 0 Å². The van der Waals surface area contributed by atoms with Gasteiger partial charge in [-0.25, -0.2) is 4.79 Å². The third-order valence-electron chi connectivity index (χ3n) is 5.03. The first-order valence-corrected chi connectivity index (χ1v) is 9.09. The molecule has 3 rings (SSSR count). The molecule has 1 aromatic rings. The van der Waals surface area contributed by atoms with Crippen LogP contribution in [0.4, 0.5) is 4.79 Å². The molecule has 2 unspecified atom stereocenters. The molecule has 2 heterocycles. The second kappa shape index (κ2) is 7.34. The lowest BCUT2D eigenvalue weighted by Crippen LogP contribution is -2.54. The highest BCUT2D eigenvalue weighted by Gasteiger charge is 2.48. The summed E-state index contributed by atoms with van der Waals surface area (Å²) < 4.78 is 17.5. The van der Waals surface area contributed by atoms with E-state index < -0.39 is 5.60 Å². The van der Waals surface area contributed by atoms with Crippen LogP contribution in [0.25, 0.3) is 0 Å². The molecule has 2 saturated heterocycles. The maximum absolute atomic E-state index is 12.5. The standard InChI is InChI=1S/C20H29NO4/c1-19(2,3)25-18(22)21-11-9-20(10-12-23-15-20)17(13-21)24-14-16-7-5-4-6-8-16/h4-8,17H,9-15H2,1-3H3. The lowest BCUT2D eigenvalue weighted by Gasteiger charge is -2.44. The van der Waals surface area contributed by atoms with E-state index >= 15 is 0 Å². The van der Waals surface area contributed by atoms with Crippen molar-refractivity contribution in [3.05, 3.63) is 35.9 Å². The van der Waals surface area contributed by atoms with Crippen molar-refractivity contribution in [1.29, 1.82) is 0 Å². The van der Waals surface area contributed by atoms with Crippen LogP contribution >= 0.6 is 0 Å². The molecule has 0 N–H and O–H groups in total. The van der Waals surface area contributed by atoms with E-state index in [1.165, 1.54) is 0 Å². The number of nitrogens with zero attached hydrogens (tertiary/aromatic N) is 1. The normalized spacial score (nSPS) is 26.8. The van der Waals surface area contributed by atoms with Gasteiger partial charge in [0.05, 0.1) is 25.9 Å². The van der Waals surface area contributed by atoms with Crippen molar-refractivity contribution in [3.8, 4) is 0 Å². The van der Waals surface area contributed by atoms with E-state index in [0.29, 0.717) is 26.3 Å². The Hall–Kier alpha value is -1.59. The summed E-state index contributed by atoms with van der Waals surface area (Å²) in [4.78, 5) is 14.2. The van der Waals surface area contributed by atoms with E-state index in [2.05, 4.69) is 12.1 Å². The highest BCUT2D eigenvalue weighted by Crippen LogP contribution is 2.41. The maximum atomic E-state index is 12.5. The van der Waals surface area contributed by atoms with Crippen molar-refractivity contribution in [2.75, 3.05) is 26.3 Å². The lowest BCUT2D eigenvalue weighted by molar-refractivity contribution is -0.0987. The smallest absolute Gasteiger partial charge is 0.410 e. The van der Waals surface area contributed by atoms with Crippen molar-refractivity contribution >= 4 is 6.09 Å². The third-order valence-corrected chi connectivity index (χ3v) is 5.03. The predicted molar refractivity (Wildman–Crippen MR) is 95.3 cm³/mol. The zero-order valence-electron chi connectivity index (χ0n) is 15.5. The third kappa shape index (κ3) is 4.53. The predicted octanol–water partition coefficient (Wildman–Crippen LogP) is 3.62. The van der Waals surface area contributed by atoms with Crippen molar-refractivity contribution in [2.45, 2.75) is 51.9 Å². The van der Waals surface area contributed by atoms with Gasteiger partial charge in [-0.15, -0.1) is 0 Å². The molecule has 2 fully saturated rings. The van der Waals surface area contributed by atoms with Gasteiger partial charge >= 0.3 is 6.09 Å². The minimum Gasteiger partial charge on any atom is -0.444 e. The van der Waals surface area contributed by atoms with E-state index in [-0.39, 0.29) is 17.6 Å². The van der Waals surface area contributed by atoms with Crippen LogP contribution in [0.1, 0.15) is 39.2 Å². The summed E-state index contributed by atoms with van der Waals surface area (Å²) in [6.45, 7) is 8.98. The summed E-state index contributed by atoms with van der Waals surface area (Å²) in [6.07, 6.45) is 1.60. The summed E-state index contributed by atoms with van der Waals surface area (Å²) in [5, 5.41) is 0. The lowest BCUT2D eigenvalue weighted by atomic mass is 9.75. The van der Waals surface area contributed by atoms with E-state index in [0.717, 1.165) is 25.0 Å². The van der Waals surface area contributed by atoms with Crippen LogP contribution in [0.2, 0.25) is 0 Å². The minimum absolute atomic E-state index is 0.0211. The molecule has 5 heteroatoms. The van der Waals surface area contributed by atoms with Crippen molar-refractivity contribution < 1.29 is 19.0 Å². The molecule has 1 amide bonds. The number of ether oxygens (including phenoxy) is 3. The largest absolute Gasteiger partial charge is 0.444 e. The second-order valence-electron chi connectivity index (χ2n) is 8.13. The molecule has 5 nitrogen and oxygen atoms in total. The average molecular weight is 347 g/mol. The number of carbonyl (C=O) groups excluding carboxylic acids is 1.